The molecule has 0 heterocycles. The molecule has 0 unspecified atom stereocenters. The lowest BCUT2D eigenvalue weighted by molar-refractivity contribution is 0.0932. The molecule has 0 aromatic heterocycles. The molecule has 102 valence electrons. The Morgan fingerprint density at radius 1 is 1.47 bits per heavy atom. The summed E-state index contributed by atoms with van der Waals surface area (Å²) in [7, 11) is 0. The molecule has 4 heteroatoms. The van der Waals surface area contributed by atoms with E-state index in [9.17, 15) is 9.18 Å². The minimum atomic E-state index is -0.386. The molecule has 1 fully saturated rings. The van der Waals surface area contributed by atoms with Gasteiger partial charge < -0.3 is 5.32 Å². The van der Waals surface area contributed by atoms with Gasteiger partial charge in [0.15, 0.2) is 0 Å². The summed E-state index contributed by atoms with van der Waals surface area (Å²) in [6.45, 7) is 5.65. The molecule has 0 bridgehead atoms. The number of hydrogen-bond donors (Lipinski definition) is 1. The van der Waals surface area contributed by atoms with Crippen LogP contribution in [0, 0.1) is 24.1 Å². The fourth-order valence-electron chi connectivity index (χ4n) is 1.70. The topological polar surface area (TPSA) is 52.9 Å². The van der Waals surface area contributed by atoms with Crippen LogP contribution in [0.3, 0.4) is 0 Å². The molecular formula is C15H19FN2O. The van der Waals surface area contributed by atoms with E-state index in [1.807, 2.05) is 13.8 Å². The molecule has 1 aliphatic rings. The van der Waals surface area contributed by atoms with Crippen molar-refractivity contribution < 1.29 is 9.18 Å². The maximum Gasteiger partial charge on any atom is 0.251 e. The first-order chi connectivity index (χ1) is 9.06. The Morgan fingerprint density at radius 3 is 2.58 bits per heavy atom. The summed E-state index contributed by atoms with van der Waals surface area (Å²) in [4.78, 5) is 11.9. The second-order valence-electron chi connectivity index (χ2n) is 4.53. The van der Waals surface area contributed by atoms with Gasteiger partial charge in [-0.1, -0.05) is 19.9 Å². The predicted octanol–water partition coefficient (Wildman–Crippen LogP) is 3.34. The van der Waals surface area contributed by atoms with Gasteiger partial charge in [0.25, 0.3) is 5.91 Å². The zero-order valence-electron chi connectivity index (χ0n) is 11.6. The molecule has 1 amide bonds. The lowest BCUT2D eigenvalue weighted by Crippen LogP contribution is -2.36. The van der Waals surface area contributed by atoms with Crippen LogP contribution in [0.4, 0.5) is 4.39 Å². The SMILES string of the molecule is CC.Cc1ccc(C(=O)NC2(CC#N)CC2)cc1F. The van der Waals surface area contributed by atoms with Crippen molar-refractivity contribution in [1.82, 2.24) is 5.32 Å². The second kappa shape index (κ2) is 6.33. The number of amides is 1. The summed E-state index contributed by atoms with van der Waals surface area (Å²) in [5, 5.41) is 11.4. The third-order valence-electron chi connectivity index (χ3n) is 3.08. The minimum Gasteiger partial charge on any atom is -0.346 e. The third kappa shape index (κ3) is 3.78. The van der Waals surface area contributed by atoms with E-state index in [-0.39, 0.29) is 17.3 Å². The van der Waals surface area contributed by atoms with Gasteiger partial charge in [0.1, 0.15) is 5.82 Å². The summed E-state index contributed by atoms with van der Waals surface area (Å²) in [5.74, 6) is -0.695. The van der Waals surface area contributed by atoms with Gasteiger partial charge in [-0.3, -0.25) is 4.79 Å². The fourth-order valence-corrected chi connectivity index (χ4v) is 1.70. The van der Waals surface area contributed by atoms with Gasteiger partial charge in [-0.2, -0.15) is 5.26 Å². The summed E-state index contributed by atoms with van der Waals surface area (Å²) >= 11 is 0. The van der Waals surface area contributed by atoms with Gasteiger partial charge >= 0.3 is 0 Å². The largest absolute Gasteiger partial charge is 0.346 e. The first-order valence-corrected chi connectivity index (χ1v) is 6.52. The van der Waals surface area contributed by atoms with Crippen LogP contribution in [0.2, 0.25) is 0 Å². The number of nitrogens with zero attached hydrogens (tertiary/aromatic N) is 1. The highest BCUT2D eigenvalue weighted by molar-refractivity contribution is 5.95. The van der Waals surface area contributed by atoms with Crippen molar-refractivity contribution in [1.29, 1.82) is 5.26 Å². The summed E-state index contributed by atoms with van der Waals surface area (Å²) in [6.07, 6.45) is 1.95. The van der Waals surface area contributed by atoms with E-state index in [4.69, 9.17) is 5.26 Å². The molecule has 0 spiro atoms. The second-order valence-corrected chi connectivity index (χ2v) is 4.53. The van der Waals surface area contributed by atoms with Crippen LogP contribution in [0.15, 0.2) is 18.2 Å². The monoisotopic (exact) mass is 262 g/mol. The first-order valence-electron chi connectivity index (χ1n) is 6.52. The van der Waals surface area contributed by atoms with E-state index >= 15 is 0 Å². The molecule has 0 saturated heterocycles. The van der Waals surface area contributed by atoms with Crippen LogP contribution in [-0.4, -0.2) is 11.4 Å². The van der Waals surface area contributed by atoms with Gasteiger partial charge in [0.2, 0.25) is 0 Å². The number of aryl methyl sites for hydroxylation is 1. The highest BCUT2D eigenvalue weighted by Crippen LogP contribution is 2.38. The Labute approximate surface area is 113 Å². The maximum absolute atomic E-state index is 13.3. The molecule has 2 rings (SSSR count). The van der Waals surface area contributed by atoms with Crippen molar-refractivity contribution in [2.75, 3.05) is 0 Å². The number of hydrogen-bond acceptors (Lipinski definition) is 2. The number of halogens is 1. The summed E-state index contributed by atoms with van der Waals surface area (Å²) in [6, 6.07) is 6.46. The first kappa shape index (κ1) is 15.2. The average molecular weight is 262 g/mol. The average Bonchev–Trinajstić information content (AvgIpc) is 3.15. The smallest absolute Gasteiger partial charge is 0.251 e. The van der Waals surface area contributed by atoms with E-state index in [2.05, 4.69) is 11.4 Å². The Bertz CT molecular complexity index is 501. The molecule has 0 atom stereocenters. The molecule has 1 saturated carbocycles. The number of carbonyl (C=O) groups excluding carboxylic acids is 1. The molecule has 1 N–H and O–H groups in total. The number of rotatable bonds is 3. The Morgan fingerprint density at radius 2 is 2.11 bits per heavy atom. The quantitative estimate of drug-likeness (QED) is 0.908. The lowest BCUT2D eigenvalue weighted by Gasteiger charge is -2.13. The van der Waals surface area contributed by atoms with Crippen LogP contribution >= 0.6 is 0 Å². The predicted molar refractivity (Wildman–Crippen MR) is 72.1 cm³/mol. The minimum absolute atomic E-state index is 0.303. The molecule has 1 aliphatic carbocycles. The zero-order valence-corrected chi connectivity index (χ0v) is 11.6. The molecule has 3 nitrogen and oxygen atoms in total. The van der Waals surface area contributed by atoms with E-state index in [0.717, 1.165) is 12.8 Å². The fraction of sp³-hybridized carbons (Fsp3) is 0.467. The van der Waals surface area contributed by atoms with Gasteiger partial charge in [-0.25, -0.2) is 4.39 Å². The van der Waals surface area contributed by atoms with Crippen molar-refractivity contribution >= 4 is 5.91 Å². The highest BCUT2D eigenvalue weighted by atomic mass is 19.1. The van der Waals surface area contributed by atoms with Crippen molar-refractivity contribution in [2.45, 2.75) is 45.6 Å². The lowest BCUT2D eigenvalue weighted by atomic mass is 10.1. The zero-order chi connectivity index (χ0) is 14.5. The van der Waals surface area contributed by atoms with Crippen molar-refractivity contribution in [3.8, 4) is 6.07 Å². The molecule has 0 aliphatic heterocycles. The van der Waals surface area contributed by atoms with Crippen molar-refractivity contribution in [2.24, 2.45) is 0 Å². The summed E-state index contributed by atoms with van der Waals surface area (Å²) < 4.78 is 13.3. The molecule has 19 heavy (non-hydrogen) atoms. The van der Waals surface area contributed by atoms with Crippen LogP contribution in [0.25, 0.3) is 0 Å². The van der Waals surface area contributed by atoms with Crippen LogP contribution in [0.1, 0.15) is 49.0 Å². The maximum atomic E-state index is 13.3. The van der Waals surface area contributed by atoms with E-state index in [0.29, 0.717) is 17.5 Å². The molecule has 0 radical (unpaired) electrons. The molecule has 1 aromatic rings. The van der Waals surface area contributed by atoms with Crippen molar-refractivity contribution in [3.05, 3.63) is 35.1 Å². The Balaban J connectivity index is 0.000000861. The highest BCUT2D eigenvalue weighted by Gasteiger charge is 2.43. The van der Waals surface area contributed by atoms with E-state index in [1.54, 1.807) is 19.1 Å². The van der Waals surface area contributed by atoms with Crippen LogP contribution < -0.4 is 5.32 Å². The van der Waals surface area contributed by atoms with Crippen LogP contribution in [-0.2, 0) is 0 Å². The van der Waals surface area contributed by atoms with Gasteiger partial charge in [-0.15, -0.1) is 0 Å². The van der Waals surface area contributed by atoms with Gasteiger partial charge in [0, 0.05) is 5.56 Å². The summed E-state index contributed by atoms with van der Waals surface area (Å²) in [5.41, 5.74) is 0.449. The number of nitriles is 1. The molecule has 1 aromatic carbocycles. The normalized spacial score (nSPS) is 14.7. The van der Waals surface area contributed by atoms with Gasteiger partial charge in [-0.05, 0) is 37.5 Å². The third-order valence-corrected chi connectivity index (χ3v) is 3.08. The van der Waals surface area contributed by atoms with E-state index in [1.165, 1.54) is 6.07 Å². The Hall–Kier alpha value is -1.89. The van der Waals surface area contributed by atoms with Gasteiger partial charge in [0.05, 0.1) is 18.0 Å². The Kier molecular flexibility index (Phi) is 5.05. The standard InChI is InChI=1S/C13H13FN2O.C2H6/c1-9-2-3-10(8-11(9)14)12(17)16-13(4-5-13)6-7-15;1-2/h2-3,8H,4-6H2,1H3,(H,16,17);1-2H3. The number of nitrogens with one attached hydrogen (secondary N) is 1. The van der Waals surface area contributed by atoms with E-state index < -0.39 is 0 Å². The molecular weight excluding hydrogens is 243 g/mol. The number of carbonyl (C=O) groups is 1. The van der Waals surface area contributed by atoms with Crippen LogP contribution in [0.5, 0.6) is 0 Å². The number of benzene rings is 1. The van der Waals surface area contributed by atoms with Crippen molar-refractivity contribution in [3.63, 3.8) is 0 Å².